The number of anilines is 1. The van der Waals surface area contributed by atoms with E-state index in [1.165, 1.54) is 25.1 Å². The van der Waals surface area contributed by atoms with E-state index in [-0.39, 0.29) is 0 Å². The number of benzene rings is 2. The Balaban J connectivity index is 1.34. The van der Waals surface area contributed by atoms with E-state index in [0.29, 0.717) is 24.7 Å². The van der Waals surface area contributed by atoms with Gasteiger partial charge in [0, 0.05) is 62.4 Å². The molecule has 2 fully saturated rings. The van der Waals surface area contributed by atoms with Crippen molar-refractivity contribution in [2.24, 2.45) is 5.92 Å². The largest absolute Gasteiger partial charge is 0.493 e. The van der Waals surface area contributed by atoms with E-state index >= 15 is 0 Å². The standard InChI is InChI=1S/C27H32N6O3/c1-34-12-13-36-27-14-20-22(15-26(27)35-2)30-28-17-25(20)33-24-5-3-4-23(21(24)16-29-33)32-10-8-31(9-11-32)18-19-6-7-19/h3-5,14-17,19H,6-13,18H2,1-2H3. The van der Waals surface area contributed by atoms with Crippen molar-refractivity contribution in [3.05, 3.63) is 42.7 Å². The second-order valence-corrected chi connectivity index (χ2v) is 9.59. The molecule has 1 aliphatic heterocycles. The lowest BCUT2D eigenvalue weighted by Gasteiger charge is -2.36. The van der Waals surface area contributed by atoms with Gasteiger partial charge in [-0.3, -0.25) is 4.90 Å². The average Bonchev–Trinajstić information content (AvgIpc) is 3.63. The van der Waals surface area contributed by atoms with Crippen molar-refractivity contribution >= 4 is 27.5 Å². The molecule has 0 bridgehead atoms. The van der Waals surface area contributed by atoms with Crippen molar-refractivity contribution in [3.8, 4) is 17.2 Å². The summed E-state index contributed by atoms with van der Waals surface area (Å²) < 4.78 is 18.5. The molecule has 9 heteroatoms. The highest BCUT2D eigenvalue weighted by Gasteiger charge is 2.27. The van der Waals surface area contributed by atoms with Crippen LogP contribution in [0.1, 0.15) is 12.8 Å². The van der Waals surface area contributed by atoms with Crippen LogP contribution in [0.2, 0.25) is 0 Å². The van der Waals surface area contributed by atoms with Gasteiger partial charge < -0.3 is 19.1 Å². The van der Waals surface area contributed by atoms with Crippen LogP contribution in [0.25, 0.3) is 27.5 Å². The van der Waals surface area contributed by atoms with Gasteiger partial charge in [0.05, 0.1) is 42.8 Å². The molecule has 0 unspecified atom stereocenters. The molecule has 9 nitrogen and oxygen atoms in total. The zero-order valence-corrected chi connectivity index (χ0v) is 20.9. The van der Waals surface area contributed by atoms with Gasteiger partial charge in [0.2, 0.25) is 0 Å². The smallest absolute Gasteiger partial charge is 0.163 e. The fourth-order valence-corrected chi connectivity index (χ4v) is 5.07. The lowest BCUT2D eigenvalue weighted by Crippen LogP contribution is -2.47. The van der Waals surface area contributed by atoms with Crippen LogP contribution in [0.15, 0.2) is 42.7 Å². The highest BCUT2D eigenvalue weighted by Crippen LogP contribution is 2.36. The van der Waals surface area contributed by atoms with Crippen LogP contribution in [0, 0.1) is 5.92 Å². The lowest BCUT2D eigenvalue weighted by atomic mass is 10.1. The molecule has 188 valence electrons. The molecule has 1 saturated carbocycles. The first-order chi connectivity index (χ1) is 17.7. The molecular weight excluding hydrogens is 456 g/mol. The summed E-state index contributed by atoms with van der Waals surface area (Å²) in [5, 5.41) is 15.4. The summed E-state index contributed by atoms with van der Waals surface area (Å²) in [6.07, 6.45) is 6.53. The predicted molar refractivity (Wildman–Crippen MR) is 139 cm³/mol. The van der Waals surface area contributed by atoms with E-state index in [9.17, 15) is 0 Å². The maximum atomic E-state index is 5.93. The molecule has 4 aromatic rings. The normalized spacial score (nSPS) is 16.7. The third kappa shape index (κ3) is 4.44. The number of fused-ring (bicyclic) bond motifs is 2. The van der Waals surface area contributed by atoms with Crippen molar-refractivity contribution in [1.82, 2.24) is 24.9 Å². The summed E-state index contributed by atoms with van der Waals surface area (Å²) in [7, 11) is 3.27. The van der Waals surface area contributed by atoms with E-state index in [0.717, 1.165) is 59.6 Å². The van der Waals surface area contributed by atoms with E-state index in [2.05, 4.69) is 38.2 Å². The number of methoxy groups -OCH3 is 2. The van der Waals surface area contributed by atoms with Gasteiger partial charge in [-0.15, -0.1) is 0 Å². The summed E-state index contributed by atoms with van der Waals surface area (Å²) in [6.45, 7) is 6.50. The molecule has 0 atom stereocenters. The fourth-order valence-electron chi connectivity index (χ4n) is 5.07. The quantitative estimate of drug-likeness (QED) is 0.331. The Morgan fingerprint density at radius 3 is 2.56 bits per heavy atom. The van der Waals surface area contributed by atoms with Gasteiger partial charge >= 0.3 is 0 Å². The van der Waals surface area contributed by atoms with Crippen LogP contribution in [-0.2, 0) is 4.74 Å². The second kappa shape index (κ2) is 9.91. The Morgan fingerprint density at radius 2 is 1.78 bits per heavy atom. The molecule has 2 aliphatic rings. The molecule has 0 amide bonds. The number of nitrogens with zero attached hydrogens (tertiary/aromatic N) is 6. The third-order valence-corrected chi connectivity index (χ3v) is 7.19. The van der Waals surface area contributed by atoms with Crippen molar-refractivity contribution < 1.29 is 14.2 Å². The first-order valence-corrected chi connectivity index (χ1v) is 12.6. The molecule has 2 aromatic heterocycles. The zero-order valence-electron chi connectivity index (χ0n) is 20.9. The lowest BCUT2D eigenvalue weighted by molar-refractivity contribution is 0.144. The van der Waals surface area contributed by atoms with Crippen molar-refractivity contribution in [1.29, 1.82) is 0 Å². The molecule has 0 N–H and O–H groups in total. The van der Waals surface area contributed by atoms with Crippen LogP contribution in [0.3, 0.4) is 0 Å². The van der Waals surface area contributed by atoms with Crippen molar-refractivity contribution in [3.63, 3.8) is 0 Å². The van der Waals surface area contributed by atoms with Crippen LogP contribution >= 0.6 is 0 Å². The van der Waals surface area contributed by atoms with Gasteiger partial charge in [0.25, 0.3) is 0 Å². The zero-order chi connectivity index (χ0) is 24.5. The highest BCUT2D eigenvalue weighted by atomic mass is 16.5. The minimum absolute atomic E-state index is 0.425. The fraction of sp³-hybridized carbons (Fsp3) is 0.444. The van der Waals surface area contributed by atoms with Crippen molar-refractivity contribution in [2.45, 2.75) is 12.8 Å². The summed E-state index contributed by atoms with van der Waals surface area (Å²) in [6, 6.07) is 10.2. The number of hydrogen-bond donors (Lipinski definition) is 0. The monoisotopic (exact) mass is 488 g/mol. The maximum Gasteiger partial charge on any atom is 0.163 e. The highest BCUT2D eigenvalue weighted by molar-refractivity contribution is 5.96. The molecule has 0 spiro atoms. The molecule has 1 saturated heterocycles. The first-order valence-electron chi connectivity index (χ1n) is 12.6. The average molecular weight is 489 g/mol. The number of hydrogen-bond acceptors (Lipinski definition) is 8. The summed E-state index contributed by atoms with van der Waals surface area (Å²) in [4.78, 5) is 5.11. The Kier molecular flexibility index (Phi) is 6.33. The Morgan fingerprint density at radius 1 is 0.917 bits per heavy atom. The van der Waals surface area contributed by atoms with Crippen LogP contribution < -0.4 is 14.4 Å². The SMILES string of the molecule is COCCOc1cc2c(-n3ncc4c(N5CCN(CC6CC6)CC5)cccc43)cnnc2cc1OC. The second-order valence-electron chi connectivity index (χ2n) is 9.59. The van der Waals surface area contributed by atoms with E-state index in [4.69, 9.17) is 19.3 Å². The van der Waals surface area contributed by atoms with E-state index in [1.54, 1.807) is 20.4 Å². The van der Waals surface area contributed by atoms with Gasteiger partial charge in [-0.05, 0) is 37.0 Å². The van der Waals surface area contributed by atoms with Gasteiger partial charge in [0.15, 0.2) is 11.5 Å². The first kappa shape index (κ1) is 23.0. The molecule has 36 heavy (non-hydrogen) atoms. The van der Waals surface area contributed by atoms with E-state index < -0.39 is 0 Å². The Labute approximate surface area is 210 Å². The van der Waals surface area contributed by atoms with Crippen LogP contribution in [0.4, 0.5) is 5.69 Å². The topological polar surface area (TPSA) is 77.8 Å². The van der Waals surface area contributed by atoms with Crippen molar-refractivity contribution in [2.75, 3.05) is 65.1 Å². The van der Waals surface area contributed by atoms with Crippen LogP contribution in [-0.4, -0.2) is 85.0 Å². The van der Waals surface area contributed by atoms with Gasteiger partial charge in [-0.2, -0.15) is 15.3 Å². The summed E-state index contributed by atoms with van der Waals surface area (Å²) >= 11 is 0. The molecule has 3 heterocycles. The van der Waals surface area contributed by atoms with Gasteiger partial charge in [-0.25, -0.2) is 4.68 Å². The Bertz CT molecular complexity index is 1360. The van der Waals surface area contributed by atoms with Gasteiger partial charge in [0.1, 0.15) is 6.61 Å². The molecule has 2 aromatic carbocycles. The molecular formula is C27H32N6O3. The van der Waals surface area contributed by atoms with Crippen LogP contribution in [0.5, 0.6) is 11.5 Å². The number of ether oxygens (including phenoxy) is 3. The maximum absolute atomic E-state index is 5.93. The third-order valence-electron chi connectivity index (χ3n) is 7.19. The Hall–Kier alpha value is -3.43. The number of aromatic nitrogens is 4. The minimum atomic E-state index is 0.425. The predicted octanol–water partition coefficient (Wildman–Crippen LogP) is 3.53. The summed E-state index contributed by atoms with van der Waals surface area (Å²) in [5.41, 5.74) is 3.84. The van der Waals surface area contributed by atoms with Gasteiger partial charge in [-0.1, -0.05) is 6.07 Å². The van der Waals surface area contributed by atoms with E-state index in [1.807, 2.05) is 23.0 Å². The molecule has 0 radical (unpaired) electrons. The molecule has 6 rings (SSSR count). The minimum Gasteiger partial charge on any atom is -0.493 e. The number of rotatable bonds is 9. The summed E-state index contributed by atoms with van der Waals surface area (Å²) in [5.74, 6) is 2.18. The molecule has 1 aliphatic carbocycles. The number of piperazine rings is 1.